The lowest BCUT2D eigenvalue weighted by molar-refractivity contribution is -0.146. The smallest absolute Gasteiger partial charge is 0.309 e. The van der Waals surface area contributed by atoms with Gasteiger partial charge >= 0.3 is 5.97 Å². The summed E-state index contributed by atoms with van der Waals surface area (Å²) in [6, 6.07) is 10.4. The van der Waals surface area contributed by atoms with E-state index in [-0.39, 0.29) is 36.3 Å². The Kier molecular flexibility index (Phi) is 16.8. The minimum atomic E-state index is -1.01. The van der Waals surface area contributed by atoms with Crippen molar-refractivity contribution in [3.8, 4) is 0 Å². The van der Waals surface area contributed by atoms with Crippen molar-refractivity contribution < 1.29 is 25.2 Å². The molecular weight excluding hydrogens is 638 g/mol. The van der Waals surface area contributed by atoms with Gasteiger partial charge in [0.05, 0.1) is 29.5 Å². The van der Waals surface area contributed by atoms with E-state index in [0.29, 0.717) is 44.0 Å². The molecule has 8 nitrogen and oxygen atoms in total. The summed E-state index contributed by atoms with van der Waals surface area (Å²) in [6.07, 6.45) is 23.8. The number of hydrogen-bond acceptors (Lipinski definition) is 7. The topological polar surface area (TPSA) is 148 Å². The number of benzene rings is 1. The third-order valence-corrected chi connectivity index (χ3v) is 11.6. The van der Waals surface area contributed by atoms with E-state index in [4.69, 9.17) is 5.73 Å². The van der Waals surface area contributed by atoms with Gasteiger partial charge in [-0.25, -0.2) is 0 Å². The third kappa shape index (κ3) is 13.9. The van der Waals surface area contributed by atoms with Gasteiger partial charge in [0.15, 0.2) is 0 Å². The molecular formula is C43H67N3O5. The highest BCUT2D eigenvalue weighted by Gasteiger charge is 2.44. The lowest BCUT2D eigenvalue weighted by atomic mass is 9.81. The van der Waals surface area contributed by atoms with Gasteiger partial charge in [-0.3, -0.25) is 4.79 Å². The highest BCUT2D eigenvalue weighted by Crippen LogP contribution is 2.45. The van der Waals surface area contributed by atoms with E-state index in [9.17, 15) is 25.2 Å². The summed E-state index contributed by atoms with van der Waals surface area (Å²) in [6.45, 7) is 5.80. The molecule has 51 heavy (non-hydrogen) atoms. The molecule has 1 saturated carbocycles. The fraction of sp³-hybridized carbons (Fsp3) is 0.651. The van der Waals surface area contributed by atoms with Crippen molar-refractivity contribution in [2.75, 3.05) is 13.1 Å². The molecule has 0 amide bonds. The molecule has 1 fully saturated rings. The second-order valence-electron chi connectivity index (χ2n) is 15.9. The van der Waals surface area contributed by atoms with E-state index < -0.39 is 23.6 Å². The Labute approximate surface area is 307 Å². The van der Waals surface area contributed by atoms with Crippen LogP contribution < -0.4 is 16.4 Å². The van der Waals surface area contributed by atoms with Gasteiger partial charge in [-0.2, -0.15) is 0 Å². The van der Waals surface area contributed by atoms with Crippen LogP contribution in [0.5, 0.6) is 0 Å². The van der Waals surface area contributed by atoms with Crippen LogP contribution >= 0.6 is 0 Å². The van der Waals surface area contributed by atoms with Crippen LogP contribution in [-0.2, 0) is 4.79 Å². The van der Waals surface area contributed by atoms with E-state index in [1.54, 1.807) is 0 Å². The van der Waals surface area contributed by atoms with Crippen LogP contribution in [0.4, 0.5) is 0 Å². The zero-order valence-corrected chi connectivity index (χ0v) is 31.3. The fourth-order valence-electron chi connectivity index (χ4n) is 8.52. The van der Waals surface area contributed by atoms with E-state index in [1.807, 2.05) is 24.3 Å². The number of rotatable bonds is 22. The molecule has 2 aliphatic carbocycles. The molecule has 0 unspecified atom stereocenters. The molecule has 3 aliphatic rings. The maximum Gasteiger partial charge on any atom is 0.309 e. The molecule has 1 aromatic carbocycles. The number of unbranched alkanes of at least 4 members (excludes halogenated alkanes) is 4. The molecule has 1 heterocycles. The molecule has 9 atom stereocenters. The highest BCUT2D eigenvalue weighted by molar-refractivity contribution is 5.70. The number of nitrogens with one attached hydrogen (secondary N) is 2. The molecule has 0 saturated heterocycles. The third-order valence-electron chi connectivity index (χ3n) is 11.6. The van der Waals surface area contributed by atoms with E-state index in [2.05, 4.69) is 67.0 Å². The SMILES string of the molecule is CCCCC[C@@H]1C=C[C@@H](CCCCC[C@H](C(=O)O)[C@H](O)CC[C@]2(O)C[C@@H](CN[C@@H](C)/C=C/c3ccccc3)[C@H](CC3=CCNC(N)=C3)C2)[C@H](O)C1. The zero-order valence-electron chi connectivity index (χ0n) is 31.3. The predicted molar refractivity (Wildman–Crippen MR) is 207 cm³/mol. The van der Waals surface area contributed by atoms with Crippen molar-refractivity contribution in [3.63, 3.8) is 0 Å². The average Bonchev–Trinajstić information content (AvgIpc) is 3.42. The summed E-state index contributed by atoms with van der Waals surface area (Å²) in [7, 11) is 0. The summed E-state index contributed by atoms with van der Waals surface area (Å²) in [4.78, 5) is 12.2. The van der Waals surface area contributed by atoms with Gasteiger partial charge in [-0.05, 0) is 106 Å². The molecule has 0 bridgehead atoms. The van der Waals surface area contributed by atoms with E-state index >= 15 is 0 Å². The van der Waals surface area contributed by atoms with Crippen molar-refractivity contribution >= 4 is 12.0 Å². The summed E-state index contributed by atoms with van der Waals surface area (Å²) in [5.41, 5.74) is 7.43. The van der Waals surface area contributed by atoms with Gasteiger partial charge in [0.25, 0.3) is 0 Å². The van der Waals surface area contributed by atoms with Gasteiger partial charge < -0.3 is 36.8 Å². The summed E-state index contributed by atoms with van der Waals surface area (Å²) in [5, 5.41) is 50.5. The van der Waals surface area contributed by atoms with Gasteiger partial charge in [0, 0.05) is 18.5 Å². The standard InChI is InChI=1S/C43H67N3O5/c1-3-4-7-14-33-19-20-35(40(48)26-33)15-10-6-11-16-38(42(49)50)39(47)21-23-43(51)28-36(25-34-22-24-45-41(44)27-34)37(29-43)30-46-31(2)17-18-32-12-8-5-9-13-32/h5,8-9,12-13,17-20,22,27,31,33,35-40,45-48,51H,3-4,6-7,10-11,14-16,21,23-26,28-30,44H2,1-2H3,(H,49,50)/b18-17+/t31-,33+,35+,36+,37-,38-,39+,40+,43+/m0/s1. The number of nitrogens with two attached hydrogens (primary N) is 1. The Bertz CT molecular complexity index is 1310. The molecule has 284 valence electrons. The number of aliphatic hydroxyl groups is 3. The van der Waals surface area contributed by atoms with Gasteiger partial charge in [-0.15, -0.1) is 0 Å². The van der Waals surface area contributed by atoms with Crippen LogP contribution in [0.1, 0.15) is 116 Å². The largest absolute Gasteiger partial charge is 0.481 e. The van der Waals surface area contributed by atoms with Crippen molar-refractivity contribution in [1.29, 1.82) is 0 Å². The van der Waals surface area contributed by atoms with Crippen LogP contribution in [0.3, 0.4) is 0 Å². The Morgan fingerprint density at radius 1 is 1.06 bits per heavy atom. The first-order valence-electron chi connectivity index (χ1n) is 19.9. The Hall–Kier alpha value is -2.91. The minimum Gasteiger partial charge on any atom is -0.481 e. The first kappa shape index (κ1) is 40.9. The number of aliphatic hydroxyl groups excluding tert-OH is 2. The van der Waals surface area contributed by atoms with Gasteiger partial charge in [0.1, 0.15) is 0 Å². The predicted octanol–water partition coefficient (Wildman–Crippen LogP) is 7.08. The van der Waals surface area contributed by atoms with E-state index in [1.165, 1.54) is 24.8 Å². The molecule has 8 heteroatoms. The molecule has 0 spiro atoms. The Morgan fingerprint density at radius 2 is 1.82 bits per heavy atom. The summed E-state index contributed by atoms with van der Waals surface area (Å²) in [5.74, 6) is -0.0405. The number of aliphatic carboxylic acids is 1. The van der Waals surface area contributed by atoms with Gasteiger partial charge in [-0.1, -0.05) is 106 Å². The summed E-state index contributed by atoms with van der Waals surface area (Å²) < 4.78 is 0. The van der Waals surface area contributed by atoms with Crippen LogP contribution in [-0.4, -0.2) is 63.3 Å². The van der Waals surface area contributed by atoms with Crippen molar-refractivity contribution in [1.82, 2.24) is 10.6 Å². The minimum absolute atomic E-state index is 0.156. The second kappa shape index (κ2) is 21.0. The zero-order chi connectivity index (χ0) is 36.6. The quantitative estimate of drug-likeness (QED) is 0.0500. The fourth-order valence-corrected chi connectivity index (χ4v) is 8.52. The molecule has 0 radical (unpaired) electrons. The van der Waals surface area contributed by atoms with Crippen LogP contribution in [0.25, 0.3) is 6.08 Å². The van der Waals surface area contributed by atoms with Gasteiger partial charge in [0.2, 0.25) is 0 Å². The first-order chi connectivity index (χ1) is 24.5. The normalized spacial score (nSPS) is 28.2. The second-order valence-corrected chi connectivity index (χ2v) is 15.9. The number of allylic oxidation sites excluding steroid dienone is 3. The summed E-state index contributed by atoms with van der Waals surface area (Å²) >= 11 is 0. The molecule has 4 rings (SSSR count). The highest BCUT2D eigenvalue weighted by atomic mass is 16.4. The lowest BCUT2D eigenvalue weighted by Crippen LogP contribution is -2.33. The van der Waals surface area contributed by atoms with Crippen molar-refractivity contribution in [2.45, 2.75) is 134 Å². The van der Waals surface area contributed by atoms with Crippen LogP contribution in [0.15, 0.2) is 72.1 Å². The monoisotopic (exact) mass is 706 g/mol. The lowest BCUT2D eigenvalue weighted by Gasteiger charge is -2.28. The van der Waals surface area contributed by atoms with E-state index in [0.717, 1.165) is 57.1 Å². The number of carboxylic acid groups (broad SMARTS) is 1. The Morgan fingerprint density at radius 3 is 2.55 bits per heavy atom. The molecule has 1 aromatic rings. The maximum absolute atomic E-state index is 12.2. The number of hydrogen-bond donors (Lipinski definition) is 7. The van der Waals surface area contributed by atoms with Crippen molar-refractivity contribution in [3.05, 3.63) is 77.7 Å². The number of carboxylic acids is 1. The van der Waals surface area contributed by atoms with Crippen molar-refractivity contribution in [2.24, 2.45) is 35.3 Å². The molecule has 8 N–H and O–H groups in total. The molecule has 1 aliphatic heterocycles. The maximum atomic E-state index is 12.2. The Balaban J connectivity index is 1.25. The number of carbonyl (C=O) groups is 1. The van der Waals surface area contributed by atoms with Crippen LogP contribution in [0.2, 0.25) is 0 Å². The number of dihydropyridines is 1. The molecule has 0 aromatic heterocycles. The average molecular weight is 706 g/mol. The first-order valence-corrected chi connectivity index (χ1v) is 19.9. The van der Waals surface area contributed by atoms with Crippen LogP contribution in [0, 0.1) is 29.6 Å².